The van der Waals surface area contributed by atoms with Gasteiger partial charge >= 0.3 is 0 Å². The Kier molecular flexibility index (Phi) is 14.0. The predicted octanol–water partition coefficient (Wildman–Crippen LogP) is 7.90. The average molecular weight is 283 g/mol. The van der Waals surface area contributed by atoms with E-state index < -0.39 is 0 Å². The van der Waals surface area contributed by atoms with Gasteiger partial charge in [0.1, 0.15) is 0 Å². The molecule has 0 heterocycles. The van der Waals surface area contributed by atoms with Crippen molar-refractivity contribution in [1.82, 2.24) is 0 Å². The van der Waals surface area contributed by atoms with E-state index in [9.17, 15) is 0 Å². The fourth-order valence-electron chi connectivity index (χ4n) is 3.14. The molecule has 1 unspecified atom stereocenters. The van der Waals surface area contributed by atoms with Crippen LogP contribution in [-0.2, 0) is 0 Å². The monoisotopic (exact) mass is 282 g/mol. The van der Waals surface area contributed by atoms with Crippen molar-refractivity contribution in [2.24, 2.45) is 5.41 Å². The predicted molar refractivity (Wildman–Crippen MR) is 94.4 cm³/mol. The van der Waals surface area contributed by atoms with Gasteiger partial charge in [0.25, 0.3) is 0 Å². The molecule has 122 valence electrons. The summed E-state index contributed by atoms with van der Waals surface area (Å²) < 4.78 is 0. The van der Waals surface area contributed by atoms with Crippen molar-refractivity contribution in [3.8, 4) is 0 Å². The molecular formula is C20H42. The first kappa shape index (κ1) is 20.0. The van der Waals surface area contributed by atoms with Crippen LogP contribution in [0.1, 0.15) is 124 Å². The fraction of sp³-hybridized carbons (Fsp3) is 1.00. The van der Waals surface area contributed by atoms with Crippen molar-refractivity contribution in [3.05, 3.63) is 0 Å². The van der Waals surface area contributed by atoms with Gasteiger partial charge in [-0.3, -0.25) is 0 Å². The van der Waals surface area contributed by atoms with E-state index in [2.05, 4.69) is 27.7 Å². The number of rotatable bonds is 15. The zero-order valence-electron chi connectivity index (χ0n) is 15.1. The van der Waals surface area contributed by atoms with Crippen molar-refractivity contribution in [3.63, 3.8) is 0 Å². The third kappa shape index (κ3) is 11.8. The Balaban J connectivity index is 3.56. The van der Waals surface area contributed by atoms with E-state index in [-0.39, 0.29) is 0 Å². The molecule has 0 aliphatic heterocycles. The molecular weight excluding hydrogens is 240 g/mol. The van der Waals surface area contributed by atoms with Gasteiger partial charge < -0.3 is 0 Å². The third-order valence-corrected chi connectivity index (χ3v) is 5.12. The van der Waals surface area contributed by atoms with Gasteiger partial charge in [0.2, 0.25) is 0 Å². The van der Waals surface area contributed by atoms with Crippen LogP contribution in [0.3, 0.4) is 0 Å². The highest BCUT2D eigenvalue weighted by atomic mass is 14.3. The van der Waals surface area contributed by atoms with Crippen LogP contribution < -0.4 is 0 Å². The number of unbranched alkanes of at least 4 members (excludes halogenated alkanes) is 10. The molecule has 0 radical (unpaired) electrons. The molecule has 20 heavy (non-hydrogen) atoms. The van der Waals surface area contributed by atoms with Crippen LogP contribution in [0.15, 0.2) is 0 Å². The summed E-state index contributed by atoms with van der Waals surface area (Å²) in [5, 5.41) is 0. The SMILES string of the molecule is CCCCCCCCCC(C)(CC)CCCCCCC. The first-order chi connectivity index (χ1) is 9.68. The van der Waals surface area contributed by atoms with E-state index in [1.807, 2.05) is 0 Å². The van der Waals surface area contributed by atoms with E-state index >= 15 is 0 Å². The van der Waals surface area contributed by atoms with E-state index in [0.29, 0.717) is 5.41 Å². The maximum absolute atomic E-state index is 2.53. The summed E-state index contributed by atoms with van der Waals surface area (Å²) in [6, 6.07) is 0. The van der Waals surface area contributed by atoms with Crippen molar-refractivity contribution in [1.29, 1.82) is 0 Å². The van der Waals surface area contributed by atoms with Crippen molar-refractivity contribution >= 4 is 0 Å². The molecule has 0 saturated heterocycles. The van der Waals surface area contributed by atoms with Gasteiger partial charge in [0.15, 0.2) is 0 Å². The second-order valence-electron chi connectivity index (χ2n) is 7.20. The number of hydrogen-bond donors (Lipinski definition) is 0. The van der Waals surface area contributed by atoms with Gasteiger partial charge in [0.05, 0.1) is 0 Å². The summed E-state index contributed by atoms with van der Waals surface area (Å²) in [5.41, 5.74) is 0.635. The summed E-state index contributed by atoms with van der Waals surface area (Å²) in [6.07, 6.45) is 21.6. The van der Waals surface area contributed by atoms with Crippen molar-refractivity contribution in [2.75, 3.05) is 0 Å². The molecule has 0 amide bonds. The van der Waals surface area contributed by atoms with Crippen LogP contribution >= 0.6 is 0 Å². The van der Waals surface area contributed by atoms with Crippen LogP contribution in [0.25, 0.3) is 0 Å². The molecule has 0 fully saturated rings. The topological polar surface area (TPSA) is 0 Å². The Bertz CT molecular complexity index is 184. The highest BCUT2D eigenvalue weighted by Crippen LogP contribution is 2.34. The Morgan fingerprint density at radius 3 is 1.20 bits per heavy atom. The minimum atomic E-state index is 0.635. The van der Waals surface area contributed by atoms with Crippen LogP contribution in [0.2, 0.25) is 0 Å². The molecule has 0 nitrogen and oxygen atoms in total. The minimum Gasteiger partial charge on any atom is -0.0654 e. The second-order valence-corrected chi connectivity index (χ2v) is 7.20. The molecule has 0 bridgehead atoms. The second kappa shape index (κ2) is 14.0. The highest BCUT2D eigenvalue weighted by molar-refractivity contribution is 4.72. The average Bonchev–Trinajstić information content (AvgIpc) is 2.46. The van der Waals surface area contributed by atoms with Gasteiger partial charge in [-0.2, -0.15) is 0 Å². The van der Waals surface area contributed by atoms with Crippen molar-refractivity contribution < 1.29 is 0 Å². The zero-order valence-corrected chi connectivity index (χ0v) is 15.1. The first-order valence-corrected chi connectivity index (χ1v) is 9.68. The fourth-order valence-corrected chi connectivity index (χ4v) is 3.14. The molecule has 0 rings (SSSR count). The van der Waals surface area contributed by atoms with Crippen LogP contribution in [-0.4, -0.2) is 0 Å². The van der Waals surface area contributed by atoms with Crippen LogP contribution in [0, 0.1) is 5.41 Å². The molecule has 1 atom stereocenters. The van der Waals surface area contributed by atoms with E-state index in [1.165, 1.54) is 96.3 Å². The summed E-state index contributed by atoms with van der Waals surface area (Å²) in [7, 11) is 0. The molecule has 0 N–H and O–H groups in total. The molecule has 0 saturated carbocycles. The Morgan fingerprint density at radius 2 is 0.850 bits per heavy atom. The Labute approximate surface area is 130 Å². The molecule has 0 aromatic carbocycles. The van der Waals surface area contributed by atoms with Crippen LogP contribution in [0.5, 0.6) is 0 Å². The summed E-state index contributed by atoms with van der Waals surface area (Å²) in [6.45, 7) is 9.53. The minimum absolute atomic E-state index is 0.635. The number of hydrogen-bond acceptors (Lipinski definition) is 0. The lowest BCUT2D eigenvalue weighted by Gasteiger charge is -2.28. The first-order valence-electron chi connectivity index (χ1n) is 9.68. The quantitative estimate of drug-likeness (QED) is 0.268. The maximum atomic E-state index is 2.53. The standard InChI is InChI=1S/C20H42/c1-5-8-10-12-13-15-17-19-20(4,7-3)18-16-14-11-9-6-2/h5-19H2,1-4H3. The Morgan fingerprint density at radius 1 is 0.500 bits per heavy atom. The Hall–Kier alpha value is 0. The lowest BCUT2D eigenvalue weighted by atomic mass is 9.77. The molecule has 0 aliphatic carbocycles. The lowest BCUT2D eigenvalue weighted by Crippen LogP contribution is -2.15. The van der Waals surface area contributed by atoms with Gasteiger partial charge in [0, 0.05) is 0 Å². The van der Waals surface area contributed by atoms with Gasteiger partial charge in [-0.05, 0) is 18.3 Å². The molecule has 0 spiro atoms. The molecule has 0 aromatic rings. The molecule has 0 aliphatic rings. The lowest BCUT2D eigenvalue weighted by molar-refractivity contribution is 0.241. The maximum Gasteiger partial charge on any atom is -0.0328 e. The van der Waals surface area contributed by atoms with E-state index in [1.54, 1.807) is 0 Å². The zero-order chi connectivity index (χ0) is 15.1. The van der Waals surface area contributed by atoms with E-state index in [4.69, 9.17) is 0 Å². The normalized spacial score (nSPS) is 14.4. The van der Waals surface area contributed by atoms with Crippen molar-refractivity contribution in [2.45, 2.75) is 124 Å². The smallest absolute Gasteiger partial charge is 0.0328 e. The summed E-state index contributed by atoms with van der Waals surface area (Å²) >= 11 is 0. The highest BCUT2D eigenvalue weighted by Gasteiger charge is 2.20. The van der Waals surface area contributed by atoms with Gasteiger partial charge in [-0.1, -0.05) is 111 Å². The largest absolute Gasteiger partial charge is 0.0654 e. The molecule has 0 heteroatoms. The summed E-state index contributed by atoms with van der Waals surface area (Å²) in [4.78, 5) is 0. The van der Waals surface area contributed by atoms with Crippen LogP contribution in [0.4, 0.5) is 0 Å². The van der Waals surface area contributed by atoms with Gasteiger partial charge in [-0.25, -0.2) is 0 Å². The van der Waals surface area contributed by atoms with Gasteiger partial charge in [-0.15, -0.1) is 0 Å². The third-order valence-electron chi connectivity index (χ3n) is 5.12. The molecule has 0 aromatic heterocycles. The van der Waals surface area contributed by atoms with E-state index in [0.717, 1.165) is 0 Å². The summed E-state index contributed by atoms with van der Waals surface area (Å²) in [5.74, 6) is 0.